The lowest BCUT2D eigenvalue weighted by atomic mass is 10.1. The van der Waals surface area contributed by atoms with Crippen molar-refractivity contribution in [1.29, 1.82) is 0 Å². The number of nitrogens with zero attached hydrogens (tertiary/aromatic N) is 1. The zero-order chi connectivity index (χ0) is 12.3. The number of halogens is 2. The second-order valence-electron chi connectivity index (χ2n) is 4.42. The van der Waals surface area contributed by atoms with Gasteiger partial charge in [-0.3, -0.25) is 4.79 Å². The summed E-state index contributed by atoms with van der Waals surface area (Å²) in [6.07, 6.45) is 1.55. The first-order valence-corrected chi connectivity index (χ1v) is 6.68. The SMILES string of the molecule is CNC1CCN(C(=O)Cc2cccc(Br)c2)C1.Cl. The Morgan fingerprint density at radius 3 is 2.94 bits per heavy atom. The zero-order valence-corrected chi connectivity index (χ0v) is 12.8. The van der Waals surface area contributed by atoms with E-state index < -0.39 is 0 Å². The number of hydrogen-bond acceptors (Lipinski definition) is 2. The third-order valence-corrected chi connectivity index (χ3v) is 3.69. The molecule has 1 unspecified atom stereocenters. The highest BCUT2D eigenvalue weighted by molar-refractivity contribution is 9.10. The van der Waals surface area contributed by atoms with E-state index in [-0.39, 0.29) is 18.3 Å². The molecule has 0 bridgehead atoms. The van der Waals surface area contributed by atoms with Crippen LogP contribution in [0.4, 0.5) is 0 Å². The number of hydrogen-bond donors (Lipinski definition) is 1. The van der Waals surface area contributed by atoms with Crippen molar-refractivity contribution in [2.75, 3.05) is 20.1 Å². The minimum atomic E-state index is 0. The molecule has 1 aromatic carbocycles. The molecule has 1 N–H and O–H groups in total. The second-order valence-corrected chi connectivity index (χ2v) is 5.34. The topological polar surface area (TPSA) is 32.3 Å². The maximum atomic E-state index is 12.1. The molecule has 0 spiro atoms. The minimum Gasteiger partial charge on any atom is -0.341 e. The van der Waals surface area contributed by atoms with Gasteiger partial charge in [0.25, 0.3) is 0 Å². The highest BCUT2D eigenvalue weighted by Crippen LogP contribution is 2.15. The molecule has 18 heavy (non-hydrogen) atoms. The van der Waals surface area contributed by atoms with E-state index in [1.54, 1.807) is 0 Å². The Morgan fingerprint density at radius 2 is 2.33 bits per heavy atom. The summed E-state index contributed by atoms with van der Waals surface area (Å²) < 4.78 is 1.03. The van der Waals surface area contributed by atoms with E-state index in [1.807, 2.05) is 36.2 Å². The summed E-state index contributed by atoms with van der Waals surface area (Å²) in [5.74, 6) is 0.223. The third kappa shape index (κ3) is 3.97. The summed E-state index contributed by atoms with van der Waals surface area (Å²) in [5.41, 5.74) is 1.07. The lowest BCUT2D eigenvalue weighted by Gasteiger charge is -2.16. The third-order valence-electron chi connectivity index (χ3n) is 3.19. The number of likely N-dealkylation sites (N-methyl/N-ethyl adjacent to an activating group) is 1. The average Bonchev–Trinajstić information content (AvgIpc) is 2.77. The molecule has 1 atom stereocenters. The first-order valence-electron chi connectivity index (χ1n) is 5.88. The zero-order valence-electron chi connectivity index (χ0n) is 10.4. The monoisotopic (exact) mass is 332 g/mol. The fourth-order valence-electron chi connectivity index (χ4n) is 2.16. The van der Waals surface area contributed by atoms with Gasteiger partial charge in [0, 0.05) is 23.6 Å². The summed E-state index contributed by atoms with van der Waals surface area (Å²) in [6, 6.07) is 8.40. The van der Waals surface area contributed by atoms with Gasteiger partial charge >= 0.3 is 0 Å². The number of amides is 1. The smallest absolute Gasteiger partial charge is 0.227 e. The van der Waals surface area contributed by atoms with Crippen molar-refractivity contribution >= 4 is 34.2 Å². The van der Waals surface area contributed by atoms with Gasteiger partial charge in [0.2, 0.25) is 5.91 Å². The van der Waals surface area contributed by atoms with Gasteiger partial charge in [-0.1, -0.05) is 28.1 Å². The van der Waals surface area contributed by atoms with Gasteiger partial charge in [-0.2, -0.15) is 0 Å². The molecule has 1 aliphatic rings. The van der Waals surface area contributed by atoms with E-state index in [2.05, 4.69) is 21.2 Å². The number of likely N-dealkylation sites (tertiary alicyclic amines) is 1. The quantitative estimate of drug-likeness (QED) is 0.920. The maximum Gasteiger partial charge on any atom is 0.227 e. The molecule has 1 aliphatic heterocycles. The standard InChI is InChI=1S/C13H17BrN2O.ClH/c1-15-12-5-6-16(9-12)13(17)8-10-3-2-4-11(14)7-10;/h2-4,7,12,15H,5-6,8-9H2,1H3;1H. The molecular weight excluding hydrogens is 316 g/mol. The Morgan fingerprint density at radius 1 is 1.56 bits per heavy atom. The van der Waals surface area contributed by atoms with Gasteiger partial charge in [0.15, 0.2) is 0 Å². The number of carbonyl (C=O) groups is 1. The molecule has 1 aromatic rings. The highest BCUT2D eigenvalue weighted by atomic mass is 79.9. The minimum absolute atomic E-state index is 0. The summed E-state index contributed by atoms with van der Waals surface area (Å²) in [7, 11) is 1.95. The van der Waals surface area contributed by atoms with Crippen LogP contribution >= 0.6 is 28.3 Å². The van der Waals surface area contributed by atoms with Crippen LogP contribution < -0.4 is 5.32 Å². The van der Waals surface area contributed by atoms with Crippen LogP contribution in [-0.2, 0) is 11.2 Å². The summed E-state index contributed by atoms with van der Waals surface area (Å²) >= 11 is 3.42. The first kappa shape index (κ1) is 15.5. The number of nitrogens with one attached hydrogen (secondary N) is 1. The summed E-state index contributed by atoms with van der Waals surface area (Å²) in [6.45, 7) is 1.71. The normalized spacial score (nSPS) is 18.6. The molecule has 0 aliphatic carbocycles. The molecular formula is C13H18BrClN2O. The van der Waals surface area contributed by atoms with Crippen molar-refractivity contribution in [3.8, 4) is 0 Å². The van der Waals surface area contributed by atoms with E-state index >= 15 is 0 Å². The molecule has 3 nitrogen and oxygen atoms in total. The first-order chi connectivity index (χ1) is 8.19. The Bertz CT molecular complexity index is 414. The lowest BCUT2D eigenvalue weighted by Crippen LogP contribution is -2.34. The van der Waals surface area contributed by atoms with Crippen LogP contribution in [0.2, 0.25) is 0 Å². The predicted molar refractivity (Wildman–Crippen MR) is 79.1 cm³/mol. The fraction of sp³-hybridized carbons (Fsp3) is 0.462. The van der Waals surface area contributed by atoms with Crippen LogP contribution in [0.5, 0.6) is 0 Å². The van der Waals surface area contributed by atoms with Gasteiger partial charge in [0.1, 0.15) is 0 Å². The van der Waals surface area contributed by atoms with Crippen molar-refractivity contribution in [2.45, 2.75) is 18.9 Å². The molecule has 0 radical (unpaired) electrons. The maximum absolute atomic E-state index is 12.1. The summed E-state index contributed by atoms with van der Waals surface area (Å²) in [5, 5.41) is 3.22. The number of rotatable bonds is 3. The van der Waals surface area contributed by atoms with E-state index in [4.69, 9.17) is 0 Å². The van der Waals surface area contributed by atoms with Crippen LogP contribution in [0.1, 0.15) is 12.0 Å². The Balaban J connectivity index is 0.00000162. The predicted octanol–water partition coefficient (Wildman–Crippen LogP) is 2.23. The van der Waals surface area contributed by atoms with Gasteiger partial charge in [0.05, 0.1) is 6.42 Å². The van der Waals surface area contributed by atoms with E-state index in [1.165, 1.54) is 0 Å². The van der Waals surface area contributed by atoms with Crippen molar-refractivity contribution < 1.29 is 4.79 Å². The second kappa shape index (κ2) is 7.12. The molecule has 1 amide bonds. The molecule has 1 heterocycles. The van der Waals surface area contributed by atoms with Crippen LogP contribution in [0.3, 0.4) is 0 Å². The van der Waals surface area contributed by atoms with Crippen molar-refractivity contribution in [1.82, 2.24) is 10.2 Å². The molecule has 1 fully saturated rings. The van der Waals surface area contributed by atoms with E-state index in [0.717, 1.165) is 29.5 Å². The number of benzene rings is 1. The number of carbonyl (C=O) groups excluding carboxylic acids is 1. The summed E-state index contributed by atoms with van der Waals surface area (Å²) in [4.78, 5) is 14.0. The fourth-order valence-corrected chi connectivity index (χ4v) is 2.60. The van der Waals surface area contributed by atoms with Crippen LogP contribution in [0.25, 0.3) is 0 Å². The van der Waals surface area contributed by atoms with Crippen LogP contribution in [0.15, 0.2) is 28.7 Å². The molecule has 100 valence electrons. The van der Waals surface area contributed by atoms with Crippen molar-refractivity contribution in [2.24, 2.45) is 0 Å². The largest absolute Gasteiger partial charge is 0.341 e. The Hall–Kier alpha value is -0.580. The van der Waals surface area contributed by atoms with Gasteiger partial charge in [-0.25, -0.2) is 0 Å². The Labute approximate surface area is 122 Å². The van der Waals surface area contributed by atoms with Gasteiger partial charge < -0.3 is 10.2 Å². The van der Waals surface area contributed by atoms with E-state index in [0.29, 0.717) is 12.5 Å². The van der Waals surface area contributed by atoms with E-state index in [9.17, 15) is 4.79 Å². The molecule has 0 aromatic heterocycles. The van der Waals surface area contributed by atoms with Gasteiger partial charge in [-0.05, 0) is 31.2 Å². The molecule has 1 saturated heterocycles. The highest BCUT2D eigenvalue weighted by Gasteiger charge is 2.24. The molecule has 5 heteroatoms. The lowest BCUT2D eigenvalue weighted by molar-refractivity contribution is -0.129. The Kier molecular flexibility index (Phi) is 6.12. The van der Waals surface area contributed by atoms with Crippen LogP contribution in [-0.4, -0.2) is 37.0 Å². The van der Waals surface area contributed by atoms with Crippen molar-refractivity contribution in [3.05, 3.63) is 34.3 Å². The van der Waals surface area contributed by atoms with Crippen molar-refractivity contribution in [3.63, 3.8) is 0 Å². The average molecular weight is 334 g/mol. The molecule has 0 saturated carbocycles. The molecule has 2 rings (SSSR count). The van der Waals surface area contributed by atoms with Gasteiger partial charge in [-0.15, -0.1) is 12.4 Å². The van der Waals surface area contributed by atoms with Crippen LogP contribution in [0, 0.1) is 0 Å².